The van der Waals surface area contributed by atoms with Gasteiger partial charge >= 0.3 is 0 Å². The molecule has 2 heterocycles. The second-order valence-corrected chi connectivity index (χ2v) is 9.73. The number of methoxy groups -OCH3 is 2. The number of halogens is 2. The van der Waals surface area contributed by atoms with Gasteiger partial charge < -0.3 is 14.0 Å². The third kappa shape index (κ3) is 4.74. The Morgan fingerprint density at radius 1 is 1.05 bits per heavy atom. The third-order valence-electron chi connectivity index (χ3n) is 6.20. The summed E-state index contributed by atoms with van der Waals surface area (Å²) in [7, 11) is 2.74. The Labute approximate surface area is 225 Å². The number of rotatable bonds is 6. The molecule has 1 aliphatic rings. The quantitative estimate of drug-likeness (QED) is 0.277. The van der Waals surface area contributed by atoms with Gasteiger partial charge in [0.05, 0.1) is 25.5 Å². The molecule has 0 aliphatic carbocycles. The molecule has 0 saturated carbocycles. The Hall–Kier alpha value is -3.62. The van der Waals surface area contributed by atoms with Gasteiger partial charge in [0.25, 0.3) is 5.91 Å². The van der Waals surface area contributed by atoms with E-state index in [1.807, 2.05) is 43.5 Å². The van der Waals surface area contributed by atoms with Gasteiger partial charge in [-0.3, -0.25) is 20.5 Å². The molecule has 1 unspecified atom stereocenters. The lowest BCUT2D eigenvalue weighted by Gasteiger charge is -2.29. The maximum atomic E-state index is 14.0. The SMILES string of the molecule is COC(=N)/C=C(\C(=N)OC)c1nc2c(n1C(C)C)C(c1ccc(Cl)cc1)N(c1cc(Cl)ccc1C)C2=O. The Morgan fingerprint density at radius 2 is 1.70 bits per heavy atom. The van der Waals surface area contributed by atoms with Crippen molar-refractivity contribution in [3.63, 3.8) is 0 Å². The van der Waals surface area contributed by atoms with E-state index in [9.17, 15) is 4.79 Å². The number of carbonyl (C=O) groups excluding carboxylic acids is 1. The first-order chi connectivity index (χ1) is 17.6. The molecule has 3 aromatic rings. The van der Waals surface area contributed by atoms with Crippen LogP contribution in [0.3, 0.4) is 0 Å². The molecule has 192 valence electrons. The molecule has 10 heteroatoms. The summed E-state index contributed by atoms with van der Waals surface area (Å²) in [5.74, 6) is -0.341. The monoisotopic (exact) mass is 539 g/mol. The first kappa shape index (κ1) is 26.4. The summed E-state index contributed by atoms with van der Waals surface area (Å²) in [6.45, 7) is 5.86. The van der Waals surface area contributed by atoms with Crippen LogP contribution in [0, 0.1) is 17.7 Å². The van der Waals surface area contributed by atoms with Crippen LogP contribution in [-0.2, 0) is 9.47 Å². The highest BCUT2D eigenvalue weighted by molar-refractivity contribution is 6.31. The number of nitrogens with one attached hydrogen (secondary N) is 2. The van der Waals surface area contributed by atoms with Gasteiger partial charge in [-0.1, -0.05) is 41.4 Å². The molecule has 1 aromatic heterocycles. The summed E-state index contributed by atoms with van der Waals surface area (Å²) in [6, 6.07) is 12.1. The number of imidazole rings is 1. The molecule has 1 amide bonds. The van der Waals surface area contributed by atoms with Crippen LogP contribution in [0.25, 0.3) is 5.57 Å². The van der Waals surface area contributed by atoms with Gasteiger partial charge in [0.2, 0.25) is 11.8 Å². The highest BCUT2D eigenvalue weighted by Gasteiger charge is 2.45. The summed E-state index contributed by atoms with van der Waals surface area (Å²) < 4.78 is 12.1. The zero-order chi connectivity index (χ0) is 27.0. The largest absolute Gasteiger partial charge is 0.481 e. The average molecular weight is 540 g/mol. The van der Waals surface area contributed by atoms with Crippen LogP contribution < -0.4 is 4.90 Å². The van der Waals surface area contributed by atoms with Crippen molar-refractivity contribution in [2.75, 3.05) is 19.1 Å². The van der Waals surface area contributed by atoms with Crippen LogP contribution in [0.15, 0.2) is 48.5 Å². The number of fused-ring (bicyclic) bond motifs is 1. The predicted octanol–water partition coefficient (Wildman–Crippen LogP) is 6.46. The van der Waals surface area contributed by atoms with Crippen LogP contribution in [0.5, 0.6) is 0 Å². The van der Waals surface area contributed by atoms with Crippen molar-refractivity contribution in [3.05, 3.63) is 86.9 Å². The molecule has 2 N–H and O–H groups in total. The van der Waals surface area contributed by atoms with Crippen LogP contribution in [0.1, 0.15) is 59.1 Å². The van der Waals surface area contributed by atoms with E-state index in [2.05, 4.69) is 0 Å². The van der Waals surface area contributed by atoms with E-state index in [1.165, 1.54) is 20.3 Å². The maximum absolute atomic E-state index is 14.0. The topological polar surface area (TPSA) is 104 Å². The first-order valence-electron chi connectivity index (χ1n) is 11.5. The van der Waals surface area contributed by atoms with Gasteiger partial charge in [-0.2, -0.15) is 0 Å². The summed E-state index contributed by atoms with van der Waals surface area (Å²) in [5, 5.41) is 17.5. The average Bonchev–Trinajstić information content (AvgIpc) is 3.39. The zero-order valence-electron chi connectivity index (χ0n) is 21.1. The summed E-state index contributed by atoms with van der Waals surface area (Å²) in [6.07, 6.45) is 1.36. The molecule has 1 atom stereocenters. The highest BCUT2D eigenvalue weighted by Crippen LogP contribution is 2.45. The molecular formula is C27H27Cl2N5O3. The van der Waals surface area contributed by atoms with Gasteiger partial charge in [-0.25, -0.2) is 4.98 Å². The number of hydrogen-bond donors (Lipinski definition) is 2. The Kier molecular flexibility index (Phi) is 7.43. The third-order valence-corrected chi connectivity index (χ3v) is 6.69. The number of amides is 1. The lowest BCUT2D eigenvalue weighted by molar-refractivity contribution is 0.0989. The fraction of sp³-hybridized carbons (Fsp3) is 0.259. The lowest BCUT2D eigenvalue weighted by Crippen LogP contribution is -2.31. The minimum Gasteiger partial charge on any atom is -0.481 e. The molecule has 0 saturated heterocycles. The van der Waals surface area contributed by atoms with Crippen molar-refractivity contribution in [1.29, 1.82) is 10.8 Å². The number of ether oxygens (including phenoxy) is 2. The van der Waals surface area contributed by atoms with Gasteiger partial charge in [-0.15, -0.1) is 0 Å². The van der Waals surface area contributed by atoms with Gasteiger partial charge in [0.15, 0.2) is 5.69 Å². The van der Waals surface area contributed by atoms with Crippen LogP contribution in [0.2, 0.25) is 10.0 Å². The normalized spacial score (nSPS) is 15.2. The Balaban J connectivity index is 2.04. The molecule has 37 heavy (non-hydrogen) atoms. The van der Waals surface area contributed by atoms with E-state index in [1.54, 1.807) is 29.2 Å². The molecular weight excluding hydrogens is 513 g/mol. The number of hydrogen-bond acceptors (Lipinski definition) is 6. The molecule has 0 fully saturated rings. The van der Waals surface area contributed by atoms with Crippen molar-refractivity contribution in [2.45, 2.75) is 32.9 Å². The van der Waals surface area contributed by atoms with E-state index in [-0.39, 0.29) is 35.0 Å². The standard InChI is InChI=1S/C27H27Cl2N5O3/c1-14(2)33-24-22(32-26(33)19(25(31)37-5)13-21(30)36-4)27(35)34(20-12-18(29)9-6-15(20)3)23(24)16-7-10-17(28)11-8-16/h6-14,23,30-31H,1-5H3/b19-13+,30-21?,31-25?. The van der Waals surface area contributed by atoms with Crippen molar-refractivity contribution in [1.82, 2.24) is 9.55 Å². The van der Waals surface area contributed by atoms with Crippen LogP contribution in [-0.4, -0.2) is 41.5 Å². The van der Waals surface area contributed by atoms with E-state index in [4.69, 9.17) is 48.5 Å². The van der Waals surface area contributed by atoms with E-state index in [0.29, 0.717) is 27.3 Å². The second-order valence-electron chi connectivity index (χ2n) is 8.85. The first-order valence-corrected chi connectivity index (χ1v) is 12.3. The summed E-state index contributed by atoms with van der Waals surface area (Å²) in [4.78, 5) is 20.5. The summed E-state index contributed by atoms with van der Waals surface area (Å²) >= 11 is 12.5. The number of carbonyl (C=O) groups is 1. The molecule has 0 spiro atoms. The maximum Gasteiger partial charge on any atom is 0.279 e. The smallest absolute Gasteiger partial charge is 0.279 e. The minimum absolute atomic E-state index is 0.154. The van der Waals surface area contributed by atoms with Crippen molar-refractivity contribution in [3.8, 4) is 0 Å². The Morgan fingerprint density at radius 3 is 2.30 bits per heavy atom. The molecule has 2 aromatic carbocycles. The fourth-order valence-corrected chi connectivity index (χ4v) is 4.80. The van der Waals surface area contributed by atoms with Crippen molar-refractivity contribution < 1.29 is 14.3 Å². The van der Waals surface area contributed by atoms with Gasteiger partial charge in [0.1, 0.15) is 11.9 Å². The molecule has 4 rings (SSSR count). The highest BCUT2D eigenvalue weighted by atomic mass is 35.5. The van der Waals surface area contributed by atoms with Gasteiger partial charge in [-0.05, 0) is 56.2 Å². The lowest BCUT2D eigenvalue weighted by atomic mass is 10.0. The fourth-order valence-electron chi connectivity index (χ4n) is 4.50. The molecule has 0 radical (unpaired) electrons. The zero-order valence-corrected chi connectivity index (χ0v) is 22.6. The second kappa shape index (κ2) is 10.4. The number of aryl methyl sites for hydroxylation is 1. The van der Waals surface area contributed by atoms with Crippen LogP contribution in [0.4, 0.5) is 5.69 Å². The predicted molar refractivity (Wildman–Crippen MR) is 146 cm³/mol. The molecule has 8 nitrogen and oxygen atoms in total. The van der Waals surface area contributed by atoms with E-state index < -0.39 is 6.04 Å². The minimum atomic E-state index is -0.541. The number of nitrogens with zero attached hydrogens (tertiary/aromatic N) is 3. The van der Waals surface area contributed by atoms with Crippen LogP contribution >= 0.6 is 23.2 Å². The van der Waals surface area contributed by atoms with E-state index in [0.717, 1.165) is 11.1 Å². The number of anilines is 1. The number of aromatic nitrogens is 2. The van der Waals surface area contributed by atoms with Crippen molar-refractivity contribution in [2.24, 2.45) is 0 Å². The Bertz CT molecular complexity index is 1430. The molecule has 0 bridgehead atoms. The van der Waals surface area contributed by atoms with Crippen molar-refractivity contribution >= 4 is 52.2 Å². The summed E-state index contributed by atoms with van der Waals surface area (Å²) in [5.41, 5.74) is 3.53. The number of benzene rings is 2. The molecule has 1 aliphatic heterocycles. The van der Waals surface area contributed by atoms with Gasteiger partial charge in [0, 0.05) is 27.9 Å². The van der Waals surface area contributed by atoms with E-state index >= 15 is 0 Å².